The van der Waals surface area contributed by atoms with Crippen molar-refractivity contribution in [3.8, 4) is 10.6 Å². The number of fused-ring (bicyclic) bond motifs is 2. The third kappa shape index (κ3) is 3.16. The Hall–Kier alpha value is -1.94. The molecular formula is C20H26N3S+. The fourth-order valence-corrected chi connectivity index (χ4v) is 4.21. The number of hydrogen-bond donors (Lipinski definition) is 0. The van der Waals surface area contributed by atoms with Gasteiger partial charge in [0.1, 0.15) is 13.1 Å². The fraction of sp³-hybridized carbons (Fsp3) is 0.400. The lowest BCUT2D eigenvalue weighted by Crippen LogP contribution is -2.29. The molecule has 24 heavy (non-hydrogen) atoms. The molecule has 1 aromatic carbocycles. The van der Waals surface area contributed by atoms with Gasteiger partial charge in [0.2, 0.25) is 5.36 Å². The Morgan fingerprint density at radius 2 is 1.71 bits per heavy atom. The van der Waals surface area contributed by atoms with Gasteiger partial charge in [-0.1, -0.05) is 0 Å². The molecule has 126 valence electrons. The molecule has 0 radical (unpaired) electrons. The highest BCUT2D eigenvalue weighted by Crippen LogP contribution is 2.31. The van der Waals surface area contributed by atoms with Crippen molar-refractivity contribution in [2.24, 2.45) is 0 Å². The highest BCUT2D eigenvalue weighted by molar-refractivity contribution is 7.21. The number of anilines is 1. The molecule has 3 nitrogen and oxygen atoms in total. The molecule has 0 N–H and O–H groups in total. The molecule has 0 spiro atoms. The number of aromatic nitrogens is 1. The van der Waals surface area contributed by atoms with Gasteiger partial charge >= 0.3 is 0 Å². The SMILES string of the molecule is CCN(CC)c1ccc2nc3ccc(=[N+](CC)CC)cc-3sc2c1. The van der Waals surface area contributed by atoms with E-state index in [-0.39, 0.29) is 0 Å². The van der Waals surface area contributed by atoms with Crippen LogP contribution in [0.15, 0.2) is 36.4 Å². The van der Waals surface area contributed by atoms with Crippen LogP contribution in [0, 0.1) is 0 Å². The first-order valence-electron chi connectivity index (χ1n) is 8.87. The fourth-order valence-electron chi connectivity index (χ4n) is 3.17. The third-order valence-corrected chi connectivity index (χ3v) is 5.70. The first kappa shape index (κ1) is 16.9. The summed E-state index contributed by atoms with van der Waals surface area (Å²) in [5.41, 5.74) is 3.45. The van der Waals surface area contributed by atoms with E-state index >= 15 is 0 Å². The maximum absolute atomic E-state index is 4.86. The first-order chi connectivity index (χ1) is 11.7. The number of benzene rings is 2. The van der Waals surface area contributed by atoms with Crippen LogP contribution < -0.4 is 14.8 Å². The van der Waals surface area contributed by atoms with Gasteiger partial charge in [0.25, 0.3) is 0 Å². The minimum Gasteiger partial charge on any atom is -0.372 e. The van der Waals surface area contributed by atoms with Gasteiger partial charge in [-0.3, -0.25) is 0 Å². The molecule has 0 amide bonds. The standard InChI is InChI=1S/C20H26N3S/c1-5-22(6-2)15-9-11-17-19(13-15)24-20-14-16(23(7-3)8-4)10-12-18(20)21-17/h9-14H,5-8H2,1-4H3/q+1. The quantitative estimate of drug-likeness (QED) is 0.515. The van der Waals surface area contributed by atoms with Crippen LogP contribution in [0.25, 0.3) is 20.8 Å². The molecular weight excluding hydrogens is 314 g/mol. The number of rotatable bonds is 5. The predicted octanol–water partition coefficient (Wildman–Crippen LogP) is 4.06. The topological polar surface area (TPSA) is 19.1 Å². The summed E-state index contributed by atoms with van der Waals surface area (Å²) in [4.78, 5) is 8.49. The molecule has 1 heterocycles. The molecule has 0 saturated heterocycles. The summed E-state index contributed by atoms with van der Waals surface area (Å²) in [5.74, 6) is 0. The van der Waals surface area contributed by atoms with Crippen molar-refractivity contribution < 1.29 is 0 Å². The van der Waals surface area contributed by atoms with Crippen LogP contribution in [0.2, 0.25) is 0 Å². The molecule has 0 aromatic heterocycles. The molecule has 1 aromatic rings. The first-order valence-corrected chi connectivity index (χ1v) is 9.69. The monoisotopic (exact) mass is 340 g/mol. The highest BCUT2D eigenvalue weighted by Gasteiger charge is 2.11. The van der Waals surface area contributed by atoms with Gasteiger partial charge in [-0.15, -0.1) is 11.3 Å². The van der Waals surface area contributed by atoms with Gasteiger partial charge in [-0.2, -0.15) is 0 Å². The second-order valence-corrected chi connectivity index (χ2v) is 6.95. The van der Waals surface area contributed by atoms with E-state index in [1.807, 2.05) is 11.3 Å². The van der Waals surface area contributed by atoms with E-state index in [0.717, 1.165) is 37.4 Å². The van der Waals surface area contributed by atoms with Crippen LogP contribution in [-0.4, -0.2) is 31.2 Å². The molecule has 4 heteroatoms. The third-order valence-electron chi connectivity index (χ3n) is 4.60. The van der Waals surface area contributed by atoms with Crippen LogP contribution in [-0.2, 0) is 0 Å². The average molecular weight is 341 g/mol. The van der Waals surface area contributed by atoms with E-state index in [9.17, 15) is 0 Å². The summed E-state index contributed by atoms with van der Waals surface area (Å²) >= 11 is 1.84. The molecule has 1 aliphatic heterocycles. The van der Waals surface area contributed by atoms with Crippen LogP contribution in [0.3, 0.4) is 0 Å². The summed E-state index contributed by atoms with van der Waals surface area (Å²) < 4.78 is 3.63. The Morgan fingerprint density at radius 3 is 2.38 bits per heavy atom. The van der Waals surface area contributed by atoms with Gasteiger partial charge in [-0.05, 0) is 52.0 Å². The molecule has 0 bridgehead atoms. The normalized spacial score (nSPS) is 11.2. The zero-order valence-corrected chi connectivity index (χ0v) is 15.9. The van der Waals surface area contributed by atoms with E-state index in [0.29, 0.717) is 0 Å². The van der Waals surface area contributed by atoms with Gasteiger partial charge in [-0.25, -0.2) is 9.56 Å². The molecule has 3 rings (SSSR count). The molecule has 0 fully saturated rings. The maximum Gasteiger partial charge on any atom is 0.201 e. The molecule has 0 unspecified atom stereocenters. The Kier molecular flexibility index (Phi) is 5.14. The van der Waals surface area contributed by atoms with Gasteiger partial charge < -0.3 is 4.90 Å². The van der Waals surface area contributed by atoms with Crippen LogP contribution in [0.1, 0.15) is 27.7 Å². The lowest BCUT2D eigenvalue weighted by molar-refractivity contribution is 0.626. The van der Waals surface area contributed by atoms with E-state index < -0.39 is 0 Å². The van der Waals surface area contributed by atoms with Crippen molar-refractivity contribution in [2.45, 2.75) is 27.7 Å². The molecule has 0 saturated carbocycles. The van der Waals surface area contributed by atoms with Crippen LogP contribution in [0.5, 0.6) is 0 Å². The van der Waals surface area contributed by atoms with Crippen LogP contribution >= 0.6 is 11.3 Å². The smallest absolute Gasteiger partial charge is 0.201 e. The van der Waals surface area contributed by atoms with Crippen molar-refractivity contribution in [2.75, 3.05) is 31.1 Å². The van der Waals surface area contributed by atoms with Crippen molar-refractivity contribution in [3.63, 3.8) is 0 Å². The van der Waals surface area contributed by atoms with Crippen molar-refractivity contribution in [1.82, 2.24) is 9.56 Å². The van der Waals surface area contributed by atoms with Gasteiger partial charge in [0.15, 0.2) is 0 Å². The van der Waals surface area contributed by atoms with Gasteiger partial charge in [0.05, 0.1) is 20.8 Å². The Labute approximate surface area is 148 Å². The maximum atomic E-state index is 4.86. The zero-order valence-electron chi connectivity index (χ0n) is 15.0. The van der Waals surface area contributed by atoms with E-state index in [4.69, 9.17) is 4.98 Å². The van der Waals surface area contributed by atoms with Crippen molar-refractivity contribution in [3.05, 3.63) is 41.8 Å². The second-order valence-electron chi connectivity index (χ2n) is 5.86. The van der Waals surface area contributed by atoms with Gasteiger partial charge in [0, 0.05) is 30.9 Å². The largest absolute Gasteiger partial charge is 0.372 e. The molecule has 1 aliphatic carbocycles. The minimum atomic E-state index is 1.03. The number of nitrogens with zero attached hydrogens (tertiary/aromatic N) is 3. The lowest BCUT2D eigenvalue weighted by Gasteiger charge is -2.21. The Morgan fingerprint density at radius 1 is 0.958 bits per heavy atom. The highest BCUT2D eigenvalue weighted by atomic mass is 32.1. The summed E-state index contributed by atoms with van der Waals surface area (Å²) in [5, 5.41) is 1.28. The Bertz CT molecular complexity index is 872. The predicted molar refractivity (Wildman–Crippen MR) is 106 cm³/mol. The zero-order chi connectivity index (χ0) is 17.1. The molecule has 0 atom stereocenters. The van der Waals surface area contributed by atoms with Crippen LogP contribution in [0.4, 0.5) is 5.69 Å². The Balaban J connectivity index is 2.19. The van der Waals surface area contributed by atoms with E-state index in [1.54, 1.807) is 0 Å². The van der Waals surface area contributed by atoms with Crippen molar-refractivity contribution in [1.29, 1.82) is 0 Å². The summed E-state index contributed by atoms with van der Waals surface area (Å²) in [6.45, 7) is 12.9. The lowest BCUT2D eigenvalue weighted by atomic mass is 10.2. The summed E-state index contributed by atoms with van der Waals surface area (Å²) in [6.07, 6.45) is 0. The summed E-state index contributed by atoms with van der Waals surface area (Å²) in [7, 11) is 0. The molecule has 2 aliphatic rings. The van der Waals surface area contributed by atoms with Crippen molar-refractivity contribution >= 4 is 27.2 Å². The van der Waals surface area contributed by atoms with E-state index in [1.165, 1.54) is 20.6 Å². The van der Waals surface area contributed by atoms with E-state index in [2.05, 4.69) is 73.6 Å². The minimum absolute atomic E-state index is 1.03. The average Bonchev–Trinajstić information content (AvgIpc) is 2.62. The second kappa shape index (κ2) is 7.31. The summed E-state index contributed by atoms with van der Waals surface area (Å²) in [6, 6.07) is 13.2. The number of hydrogen-bond acceptors (Lipinski definition) is 3.